The van der Waals surface area contributed by atoms with E-state index in [1.54, 1.807) is 11.3 Å². The first kappa shape index (κ1) is 15.4. The van der Waals surface area contributed by atoms with Crippen LogP contribution in [-0.2, 0) is 6.54 Å². The lowest BCUT2D eigenvalue weighted by molar-refractivity contribution is 0.237. The fourth-order valence-corrected chi connectivity index (χ4v) is 2.50. The summed E-state index contributed by atoms with van der Waals surface area (Å²) in [6, 6.07) is 0. The van der Waals surface area contributed by atoms with Gasteiger partial charge in [-0.15, -0.1) is 10.2 Å². The highest BCUT2D eigenvalue weighted by molar-refractivity contribution is 7.15. The number of anilines is 1. The van der Waals surface area contributed by atoms with E-state index in [4.69, 9.17) is 0 Å². The second kappa shape index (κ2) is 8.43. The lowest BCUT2D eigenvalue weighted by atomic mass is 10.1. The Labute approximate surface area is 115 Å². The van der Waals surface area contributed by atoms with Gasteiger partial charge in [0, 0.05) is 13.1 Å². The molecular formula is C13H26N4S. The van der Waals surface area contributed by atoms with Crippen LogP contribution in [0.3, 0.4) is 0 Å². The van der Waals surface area contributed by atoms with E-state index in [9.17, 15) is 0 Å². The van der Waals surface area contributed by atoms with Gasteiger partial charge >= 0.3 is 0 Å². The fraction of sp³-hybridized carbons (Fsp3) is 0.846. The van der Waals surface area contributed by atoms with Crippen molar-refractivity contribution in [1.82, 2.24) is 15.1 Å². The first-order chi connectivity index (χ1) is 8.69. The Kier molecular flexibility index (Phi) is 7.20. The fourth-order valence-electron chi connectivity index (χ4n) is 1.69. The van der Waals surface area contributed by atoms with E-state index in [2.05, 4.69) is 48.1 Å². The molecule has 0 aliphatic carbocycles. The van der Waals surface area contributed by atoms with Gasteiger partial charge in [0.1, 0.15) is 5.01 Å². The van der Waals surface area contributed by atoms with Crippen LogP contribution in [0, 0.1) is 5.92 Å². The zero-order chi connectivity index (χ0) is 13.4. The van der Waals surface area contributed by atoms with Gasteiger partial charge in [-0.1, -0.05) is 45.5 Å². The molecule has 0 aromatic carbocycles. The van der Waals surface area contributed by atoms with Gasteiger partial charge in [0.15, 0.2) is 0 Å². The molecule has 1 N–H and O–H groups in total. The molecule has 104 valence electrons. The van der Waals surface area contributed by atoms with E-state index in [1.165, 1.54) is 6.42 Å². The van der Waals surface area contributed by atoms with Crippen LogP contribution < -0.4 is 5.32 Å². The molecule has 0 radical (unpaired) electrons. The van der Waals surface area contributed by atoms with E-state index in [0.29, 0.717) is 0 Å². The zero-order valence-electron chi connectivity index (χ0n) is 12.1. The lowest BCUT2D eigenvalue weighted by Crippen LogP contribution is -2.27. The average molecular weight is 270 g/mol. The van der Waals surface area contributed by atoms with Crippen molar-refractivity contribution in [2.24, 2.45) is 5.92 Å². The van der Waals surface area contributed by atoms with Crippen LogP contribution in [0.2, 0.25) is 0 Å². The molecule has 0 saturated heterocycles. The highest BCUT2D eigenvalue weighted by atomic mass is 32.1. The van der Waals surface area contributed by atoms with E-state index in [-0.39, 0.29) is 0 Å². The van der Waals surface area contributed by atoms with Crippen LogP contribution in [-0.4, -0.2) is 34.7 Å². The number of nitrogens with one attached hydrogen (secondary N) is 1. The number of aromatic nitrogens is 2. The summed E-state index contributed by atoms with van der Waals surface area (Å²) in [6.45, 7) is 13.0. The summed E-state index contributed by atoms with van der Waals surface area (Å²) in [6.07, 6.45) is 2.35. The Morgan fingerprint density at radius 3 is 2.67 bits per heavy atom. The minimum atomic E-state index is 0.746. The molecule has 1 unspecified atom stereocenters. The molecule has 5 heteroatoms. The van der Waals surface area contributed by atoms with Crippen LogP contribution in [0.15, 0.2) is 0 Å². The largest absolute Gasteiger partial charge is 0.360 e. The Balaban J connectivity index is 2.46. The molecule has 1 rings (SSSR count). The third-order valence-corrected chi connectivity index (χ3v) is 3.93. The molecule has 1 aromatic rings. The predicted octanol–water partition coefficient (Wildman–Crippen LogP) is 3.23. The second-order valence-corrected chi connectivity index (χ2v) is 5.83. The average Bonchev–Trinajstić information content (AvgIpc) is 2.82. The van der Waals surface area contributed by atoms with E-state index in [1.807, 2.05) is 0 Å². The van der Waals surface area contributed by atoms with Crippen LogP contribution in [0.5, 0.6) is 0 Å². The molecule has 0 aliphatic heterocycles. The molecule has 1 atom stereocenters. The molecule has 4 nitrogen and oxygen atoms in total. The molecule has 1 aromatic heterocycles. The van der Waals surface area contributed by atoms with Crippen molar-refractivity contribution < 1.29 is 0 Å². The number of rotatable bonds is 9. The van der Waals surface area contributed by atoms with Gasteiger partial charge in [0.25, 0.3) is 0 Å². The first-order valence-electron chi connectivity index (χ1n) is 6.98. The maximum Gasteiger partial charge on any atom is 0.205 e. The molecule has 0 fully saturated rings. The summed E-state index contributed by atoms with van der Waals surface area (Å²) in [5, 5.41) is 13.8. The third-order valence-electron chi connectivity index (χ3n) is 3.07. The van der Waals surface area contributed by atoms with Crippen molar-refractivity contribution in [3.8, 4) is 0 Å². The van der Waals surface area contributed by atoms with Crippen molar-refractivity contribution in [2.75, 3.05) is 25.0 Å². The maximum absolute atomic E-state index is 4.25. The van der Waals surface area contributed by atoms with Crippen molar-refractivity contribution >= 4 is 16.5 Å². The standard InChI is InChI=1S/C13H26N4S/c1-5-8-14-13-16-15-12(18-13)10-17(7-3)9-11(4)6-2/h11H,5-10H2,1-4H3,(H,14,16). The van der Waals surface area contributed by atoms with E-state index >= 15 is 0 Å². The van der Waals surface area contributed by atoms with Gasteiger partial charge in [0.05, 0.1) is 6.54 Å². The second-order valence-electron chi connectivity index (χ2n) is 4.77. The summed E-state index contributed by atoms with van der Waals surface area (Å²) in [5.41, 5.74) is 0. The van der Waals surface area contributed by atoms with Crippen molar-refractivity contribution in [2.45, 2.75) is 47.1 Å². The normalized spacial score (nSPS) is 12.9. The summed E-state index contributed by atoms with van der Waals surface area (Å²) < 4.78 is 0. The minimum Gasteiger partial charge on any atom is -0.360 e. The highest BCUT2D eigenvalue weighted by Gasteiger charge is 2.11. The Morgan fingerprint density at radius 2 is 2.06 bits per heavy atom. The number of hydrogen-bond acceptors (Lipinski definition) is 5. The smallest absolute Gasteiger partial charge is 0.205 e. The molecule has 0 spiro atoms. The molecule has 0 saturated carbocycles. The quantitative estimate of drug-likeness (QED) is 0.748. The van der Waals surface area contributed by atoms with Crippen LogP contribution >= 0.6 is 11.3 Å². The lowest BCUT2D eigenvalue weighted by Gasteiger charge is -2.22. The SMILES string of the molecule is CCCNc1nnc(CN(CC)CC(C)CC)s1. The molecule has 0 aliphatic rings. The molecule has 1 heterocycles. The van der Waals surface area contributed by atoms with Gasteiger partial charge in [-0.3, -0.25) is 4.90 Å². The third kappa shape index (κ3) is 5.31. The summed E-state index contributed by atoms with van der Waals surface area (Å²) in [7, 11) is 0. The predicted molar refractivity (Wildman–Crippen MR) is 79.1 cm³/mol. The minimum absolute atomic E-state index is 0.746. The van der Waals surface area contributed by atoms with Gasteiger partial charge in [-0.05, 0) is 18.9 Å². The Hall–Kier alpha value is -0.680. The number of nitrogens with zero attached hydrogens (tertiary/aromatic N) is 3. The van der Waals surface area contributed by atoms with Crippen molar-refractivity contribution in [3.05, 3.63) is 5.01 Å². The number of hydrogen-bond donors (Lipinski definition) is 1. The molecule has 0 amide bonds. The summed E-state index contributed by atoms with van der Waals surface area (Å²) >= 11 is 1.68. The van der Waals surface area contributed by atoms with Gasteiger partial charge in [0.2, 0.25) is 5.13 Å². The monoisotopic (exact) mass is 270 g/mol. The van der Waals surface area contributed by atoms with Crippen molar-refractivity contribution in [1.29, 1.82) is 0 Å². The summed E-state index contributed by atoms with van der Waals surface area (Å²) in [5.74, 6) is 0.746. The van der Waals surface area contributed by atoms with Crippen LogP contribution in [0.1, 0.15) is 45.5 Å². The topological polar surface area (TPSA) is 41.1 Å². The first-order valence-corrected chi connectivity index (χ1v) is 7.79. The maximum atomic E-state index is 4.25. The molecule has 18 heavy (non-hydrogen) atoms. The Bertz CT molecular complexity index is 327. The van der Waals surface area contributed by atoms with E-state index in [0.717, 1.165) is 48.7 Å². The van der Waals surface area contributed by atoms with Crippen LogP contribution in [0.25, 0.3) is 0 Å². The van der Waals surface area contributed by atoms with Gasteiger partial charge in [-0.2, -0.15) is 0 Å². The highest BCUT2D eigenvalue weighted by Crippen LogP contribution is 2.17. The van der Waals surface area contributed by atoms with E-state index < -0.39 is 0 Å². The van der Waals surface area contributed by atoms with Crippen molar-refractivity contribution in [3.63, 3.8) is 0 Å². The van der Waals surface area contributed by atoms with Gasteiger partial charge in [-0.25, -0.2) is 0 Å². The van der Waals surface area contributed by atoms with Gasteiger partial charge < -0.3 is 5.32 Å². The molecular weight excluding hydrogens is 244 g/mol. The Morgan fingerprint density at radius 1 is 1.28 bits per heavy atom. The van der Waals surface area contributed by atoms with Crippen LogP contribution in [0.4, 0.5) is 5.13 Å². The summed E-state index contributed by atoms with van der Waals surface area (Å²) in [4.78, 5) is 2.44. The zero-order valence-corrected chi connectivity index (χ0v) is 12.9. The molecule has 0 bridgehead atoms.